The largest absolute Gasteiger partial charge is 0.367 e. The first-order valence-electron chi connectivity index (χ1n) is 9.85. The smallest absolute Gasteiger partial charge is 0.243 e. The molecule has 1 saturated carbocycles. The molecule has 6 heteroatoms. The number of rotatable bonds is 5. The summed E-state index contributed by atoms with van der Waals surface area (Å²) in [5.74, 6) is 0.882. The molecule has 2 aliphatic rings. The van der Waals surface area contributed by atoms with Gasteiger partial charge in [0.2, 0.25) is 10.0 Å². The number of aryl methyl sites for hydroxylation is 1. The summed E-state index contributed by atoms with van der Waals surface area (Å²) < 4.78 is 28.1. The molecule has 1 N–H and O–H groups in total. The molecule has 2 fully saturated rings. The topological polar surface area (TPSA) is 62.3 Å². The Morgan fingerprint density at radius 1 is 1.00 bits per heavy atom. The standard InChI is InChI=1S/C21H27N3O2S/c1-16-8-11-19(12-9-16)27(25,26)24-14-3-2-7-20(24)17-10-13-21(22-15-17)23-18-5-4-6-18/h8-13,15,18,20H,2-7,14H2,1H3,(H,22,23)/t20-/m1/s1. The first-order chi connectivity index (χ1) is 13.0. The average molecular weight is 386 g/mol. The third-order valence-corrected chi connectivity index (χ3v) is 7.63. The van der Waals surface area contributed by atoms with E-state index in [1.807, 2.05) is 37.4 Å². The zero-order chi connectivity index (χ0) is 18.9. The highest BCUT2D eigenvalue weighted by atomic mass is 32.2. The molecule has 5 nitrogen and oxygen atoms in total. The highest BCUT2D eigenvalue weighted by molar-refractivity contribution is 7.89. The molecule has 2 heterocycles. The molecule has 1 aromatic carbocycles. The Balaban J connectivity index is 1.57. The molecule has 144 valence electrons. The summed E-state index contributed by atoms with van der Waals surface area (Å²) >= 11 is 0. The highest BCUT2D eigenvalue weighted by Gasteiger charge is 2.34. The van der Waals surface area contributed by atoms with Crippen molar-refractivity contribution in [3.63, 3.8) is 0 Å². The van der Waals surface area contributed by atoms with Crippen LogP contribution in [0.1, 0.15) is 55.7 Å². The van der Waals surface area contributed by atoms with E-state index in [0.717, 1.165) is 36.2 Å². The molecule has 4 rings (SSSR count). The van der Waals surface area contributed by atoms with Crippen LogP contribution in [0.25, 0.3) is 0 Å². The summed E-state index contributed by atoms with van der Waals surface area (Å²) in [6, 6.07) is 11.5. The molecule has 1 aromatic heterocycles. The lowest BCUT2D eigenvalue weighted by Crippen LogP contribution is -2.38. The minimum absolute atomic E-state index is 0.143. The Kier molecular flexibility index (Phi) is 5.19. The molecule has 1 atom stereocenters. The van der Waals surface area contributed by atoms with Crippen molar-refractivity contribution in [2.75, 3.05) is 11.9 Å². The first-order valence-corrected chi connectivity index (χ1v) is 11.3. The summed E-state index contributed by atoms with van der Waals surface area (Å²) in [4.78, 5) is 4.92. The number of nitrogens with zero attached hydrogens (tertiary/aromatic N) is 2. The average Bonchev–Trinajstić information content (AvgIpc) is 2.66. The van der Waals surface area contributed by atoms with Gasteiger partial charge in [0.15, 0.2) is 0 Å². The third kappa shape index (κ3) is 3.87. The van der Waals surface area contributed by atoms with Crippen LogP contribution in [0.3, 0.4) is 0 Å². The summed E-state index contributed by atoms with van der Waals surface area (Å²) in [6.07, 6.45) is 8.30. The number of nitrogens with one attached hydrogen (secondary N) is 1. The Bertz CT molecular complexity index is 875. The van der Waals surface area contributed by atoms with Gasteiger partial charge in [0.25, 0.3) is 0 Å². The Morgan fingerprint density at radius 2 is 1.78 bits per heavy atom. The number of pyridine rings is 1. The normalized spacial score (nSPS) is 21.6. The van der Waals surface area contributed by atoms with Crippen LogP contribution >= 0.6 is 0 Å². The minimum Gasteiger partial charge on any atom is -0.367 e. The minimum atomic E-state index is -3.51. The molecular weight excluding hydrogens is 358 g/mol. The number of sulfonamides is 1. The van der Waals surface area contributed by atoms with Crippen molar-refractivity contribution in [3.05, 3.63) is 53.7 Å². The van der Waals surface area contributed by atoms with E-state index in [1.54, 1.807) is 16.4 Å². The van der Waals surface area contributed by atoms with Crippen LogP contribution in [-0.2, 0) is 10.0 Å². The van der Waals surface area contributed by atoms with Gasteiger partial charge in [0.05, 0.1) is 10.9 Å². The Hall–Kier alpha value is -1.92. The zero-order valence-electron chi connectivity index (χ0n) is 15.8. The molecule has 1 saturated heterocycles. The van der Waals surface area contributed by atoms with Crippen LogP contribution in [0.5, 0.6) is 0 Å². The summed E-state index contributed by atoms with van der Waals surface area (Å²) in [5.41, 5.74) is 2.03. The monoisotopic (exact) mass is 385 g/mol. The van der Waals surface area contributed by atoms with Crippen molar-refractivity contribution in [1.29, 1.82) is 0 Å². The van der Waals surface area contributed by atoms with Crippen molar-refractivity contribution in [1.82, 2.24) is 9.29 Å². The Morgan fingerprint density at radius 3 is 2.41 bits per heavy atom. The number of benzene rings is 1. The van der Waals surface area contributed by atoms with Gasteiger partial charge in [-0.25, -0.2) is 13.4 Å². The molecule has 0 spiro atoms. The fourth-order valence-corrected chi connectivity index (χ4v) is 5.50. The lowest BCUT2D eigenvalue weighted by atomic mass is 9.93. The summed E-state index contributed by atoms with van der Waals surface area (Å²) in [5, 5.41) is 3.44. The number of piperidine rings is 1. The van der Waals surface area contributed by atoms with Crippen molar-refractivity contribution in [3.8, 4) is 0 Å². The van der Waals surface area contributed by atoms with Crippen molar-refractivity contribution in [2.45, 2.75) is 62.4 Å². The van der Waals surface area contributed by atoms with Crippen LogP contribution in [0.15, 0.2) is 47.5 Å². The predicted molar refractivity (Wildman–Crippen MR) is 107 cm³/mol. The quantitative estimate of drug-likeness (QED) is 0.835. The molecule has 27 heavy (non-hydrogen) atoms. The summed E-state index contributed by atoms with van der Waals surface area (Å²) in [6.45, 7) is 2.52. The van der Waals surface area contributed by atoms with Gasteiger partial charge < -0.3 is 5.32 Å². The SMILES string of the molecule is Cc1ccc(S(=O)(=O)N2CCCC[C@@H]2c2ccc(NC3CCC3)nc2)cc1. The lowest BCUT2D eigenvalue weighted by molar-refractivity contribution is 0.255. The van der Waals surface area contributed by atoms with Gasteiger partial charge in [-0.05, 0) is 62.8 Å². The fourth-order valence-electron chi connectivity index (χ4n) is 3.82. The second-order valence-electron chi connectivity index (χ2n) is 7.69. The number of anilines is 1. The molecular formula is C21H27N3O2S. The van der Waals surface area contributed by atoms with Crippen molar-refractivity contribution in [2.24, 2.45) is 0 Å². The van der Waals surface area contributed by atoms with Gasteiger partial charge in [-0.3, -0.25) is 0 Å². The number of hydrogen-bond acceptors (Lipinski definition) is 4. The van der Waals surface area contributed by atoms with Crippen LogP contribution in [0.2, 0.25) is 0 Å². The second kappa shape index (κ2) is 7.60. The van der Waals surface area contributed by atoms with Crippen molar-refractivity contribution < 1.29 is 8.42 Å². The molecule has 1 aliphatic heterocycles. The van der Waals surface area contributed by atoms with Gasteiger partial charge in [0.1, 0.15) is 5.82 Å². The molecule has 1 aliphatic carbocycles. The molecule has 0 unspecified atom stereocenters. The van der Waals surface area contributed by atoms with Crippen molar-refractivity contribution >= 4 is 15.8 Å². The van der Waals surface area contributed by atoms with E-state index in [-0.39, 0.29) is 6.04 Å². The molecule has 2 aromatic rings. The van der Waals surface area contributed by atoms with E-state index in [9.17, 15) is 8.42 Å². The van der Waals surface area contributed by atoms with Gasteiger partial charge >= 0.3 is 0 Å². The van der Waals surface area contributed by atoms with E-state index < -0.39 is 10.0 Å². The lowest BCUT2D eigenvalue weighted by Gasteiger charge is -2.35. The molecule has 0 bridgehead atoms. The van der Waals surface area contributed by atoms with Gasteiger partial charge in [-0.15, -0.1) is 0 Å². The molecule has 0 radical (unpaired) electrons. The van der Waals surface area contributed by atoms with Crippen LogP contribution in [-0.4, -0.2) is 30.3 Å². The zero-order valence-corrected chi connectivity index (χ0v) is 16.6. The maximum absolute atomic E-state index is 13.2. The highest BCUT2D eigenvalue weighted by Crippen LogP contribution is 2.35. The van der Waals surface area contributed by atoms with Crippen LogP contribution in [0.4, 0.5) is 5.82 Å². The summed E-state index contributed by atoms with van der Waals surface area (Å²) in [7, 11) is -3.51. The third-order valence-electron chi connectivity index (χ3n) is 5.71. The first kappa shape index (κ1) is 18.4. The fraction of sp³-hybridized carbons (Fsp3) is 0.476. The van der Waals surface area contributed by atoms with E-state index >= 15 is 0 Å². The maximum Gasteiger partial charge on any atom is 0.243 e. The van der Waals surface area contributed by atoms with E-state index in [4.69, 9.17) is 0 Å². The predicted octanol–water partition coefficient (Wildman–Crippen LogP) is 4.27. The van der Waals surface area contributed by atoms with Crippen LogP contribution in [0, 0.1) is 6.92 Å². The van der Waals surface area contributed by atoms with Gasteiger partial charge in [0, 0.05) is 18.8 Å². The van der Waals surface area contributed by atoms with E-state index in [1.165, 1.54) is 19.3 Å². The van der Waals surface area contributed by atoms with Crippen LogP contribution < -0.4 is 5.32 Å². The van der Waals surface area contributed by atoms with Gasteiger partial charge in [-0.1, -0.05) is 30.2 Å². The molecule has 0 amide bonds. The maximum atomic E-state index is 13.2. The number of aromatic nitrogens is 1. The second-order valence-corrected chi connectivity index (χ2v) is 9.58. The Labute approximate surface area is 161 Å². The van der Waals surface area contributed by atoms with E-state index in [0.29, 0.717) is 17.5 Å². The number of hydrogen-bond donors (Lipinski definition) is 1. The van der Waals surface area contributed by atoms with Gasteiger partial charge in [-0.2, -0.15) is 4.31 Å². The van der Waals surface area contributed by atoms with E-state index in [2.05, 4.69) is 10.3 Å².